The number of ether oxygens (including phenoxy) is 1. The van der Waals surface area contributed by atoms with E-state index in [1.165, 1.54) is 43.5 Å². The Morgan fingerprint density at radius 1 is 1.00 bits per heavy atom. The van der Waals surface area contributed by atoms with E-state index in [4.69, 9.17) is 4.74 Å². The molecule has 0 aliphatic heterocycles. The lowest BCUT2D eigenvalue weighted by Gasteiger charge is -2.31. The van der Waals surface area contributed by atoms with E-state index < -0.39 is 26.8 Å². The molecule has 1 unspecified atom stereocenters. The predicted molar refractivity (Wildman–Crippen MR) is 111 cm³/mol. The Kier molecular flexibility index (Phi) is 6.02. The second-order valence-electron chi connectivity index (χ2n) is 6.45. The van der Waals surface area contributed by atoms with Crippen molar-refractivity contribution in [3.05, 3.63) is 94.3 Å². The highest BCUT2D eigenvalue weighted by molar-refractivity contribution is 7.92. The van der Waals surface area contributed by atoms with Crippen molar-refractivity contribution in [1.82, 2.24) is 0 Å². The first kappa shape index (κ1) is 21.3. The van der Waals surface area contributed by atoms with Gasteiger partial charge >= 0.3 is 0 Å². The standard InChI is InChI=1S/C21H19FN2O5S/c1-15(20-5-3-4-6-21(20)29-2)23(17-9-7-16(22)8-10-17)30(27,28)19-13-11-18(12-14-19)24(25)26/h3-15H,1-2H3. The van der Waals surface area contributed by atoms with E-state index in [0.717, 1.165) is 16.4 Å². The van der Waals surface area contributed by atoms with Crippen molar-refractivity contribution in [2.45, 2.75) is 17.9 Å². The quantitative estimate of drug-likeness (QED) is 0.400. The third-order valence-electron chi connectivity index (χ3n) is 4.63. The number of nitro benzene ring substituents is 1. The molecule has 0 amide bonds. The number of para-hydroxylation sites is 1. The number of anilines is 1. The van der Waals surface area contributed by atoms with Gasteiger partial charge in [-0.2, -0.15) is 0 Å². The number of hydrogen-bond acceptors (Lipinski definition) is 5. The fourth-order valence-corrected chi connectivity index (χ4v) is 4.79. The van der Waals surface area contributed by atoms with E-state index in [-0.39, 0.29) is 16.3 Å². The van der Waals surface area contributed by atoms with Crippen LogP contribution in [0.3, 0.4) is 0 Å². The third kappa shape index (κ3) is 4.11. The van der Waals surface area contributed by atoms with Crippen LogP contribution in [0.15, 0.2) is 77.7 Å². The van der Waals surface area contributed by atoms with Gasteiger partial charge in [0.05, 0.1) is 28.7 Å². The molecular weight excluding hydrogens is 411 g/mol. The van der Waals surface area contributed by atoms with Crippen LogP contribution >= 0.6 is 0 Å². The summed E-state index contributed by atoms with van der Waals surface area (Å²) in [5, 5.41) is 10.9. The minimum absolute atomic E-state index is 0.126. The first-order chi connectivity index (χ1) is 14.3. The summed E-state index contributed by atoms with van der Waals surface area (Å²) < 4.78 is 47.1. The minimum Gasteiger partial charge on any atom is -0.496 e. The lowest BCUT2D eigenvalue weighted by atomic mass is 10.1. The Hall–Kier alpha value is -3.46. The molecule has 0 radical (unpaired) electrons. The molecule has 9 heteroatoms. The molecule has 0 aliphatic rings. The average molecular weight is 430 g/mol. The van der Waals surface area contributed by atoms with Crippen molar-refractivity contribution >= 4 is 21.4 Å². The molecular formula is C21H19FN2O5S. The van der Waals surface area contributed by atoms with Crippen LogP contribution < -0.4 is 9.04 Å². The smallest absolute Gasteiger partial charge is 0.269 e. The Bertz CT molecular complexity index is 1150. The third-order valence-corrected chi connectivity index (χ3v) is 6.54. The molecule has 0 saturated carbocycles. The first-order valence-corrected chi connectivity index (χ1v) is 10.4. The number of methoxy groups -OCH3 is 1. The normalized spacial score (nSPS) is 12.2. The van der Waals surface area contributed by atoms with Gasteiger partial charge in [0, 0.05) is 17.7 Å². The van der Waals surface area contributed by atoms with E-state index in [1.807, 2.05) is 0 Å². The fourth-order valence-electron chi connectivity index (χ4n) is 3.15. The molecule has 3 aromatic carbocycles. The summed E-state index contributed by atoms with van der Waals surface area (Å²) >= 11 is 0. The van der Waals surface area contributed by atoms with Gasteiger partial charge in [-0.1, -0.05) is 18.2 Å². The summed E-state index contributed by atoms with van der Waals surface area (Å²) in [6.07, 6.45) is 0. The van der Waals surface area contributed by atoms with Gasteiger partial charge in [-0.05, 0) is 49.4 Å². The van der Waals surface area contributed by atoms with Gasteiger partial charge in [0.15, 0.2) is 0 Å². The zero-order chi connectivity index (χ0) is 21.9. The highest BCUT2D eigenvalue weighted by atomic mass is 32.2. The van der Waals surface area contributed by atoms with E-state index in [9.17, 15) is 22.9 Å². The van der Waals surface area contributed by atoms with Crippen LogP contribution in [0.5, 0.6) is 5.75 Å². The lowest BCUT2D eigenvalue weighted by molar-refractivity contribution is -0.384. The number of nitrogens with zero attached hydrogens (tertiary/aromatic N) is 2. The van der Waals surface area contributed by atoms with Gasteiger partial charge in [-0.25, -0.2) is 12.8 Å². The van der Waals surface area contributed by atoms with Crippen LogP contribution in [-0.4, -0.2) is 20.5 Å². The van der Waals surface area contributed by atoms with Crippen molar-refractivity contribution in [2.24, 2.45) is 0 Å². The molecule has 30 heavy (non-hydrogen) atoms. The number of sulfonamides is 1. The maximum absolute atomic E-state index is 13.5. The Balaban J connectivity index is 2.16. The molecule has 3 aromatic rings. The summed E-state index contributed by atoms with van der Waals surface area (Å²) in [5.41, 5.74) is 0.628. The number of hydrogen-bond donors (Lipinski definition) is 0. The minimum atomic E-state index is -4.15. The van der Waals surface area contributed by atoms with Crippen LogP contribution in [0.25, 0.3) is 0 Å². The van der Waals surface area contributed by atoms with Gasteiger partial charge in [-0.15, -0.1) is 0 Å². The second-order valence-corrected chi connectivity index (χ2v) is 8.26. The fraction of sp³-hybridized carbons (Fsp3) is 0.143. The van der Waals surface area contributed by atoms with Crippen LogP contribution in [-0.2, 0) is 10.0 Å². The SMILES string of the molecule is COc1ccccc1C(C)N(c1ccc(F)cc1)S(=O)(=O)c1ccc([N+](=O)[O-])cc1. The Morgan fingerprint density at radius 2 is 1.60 bits per heavy atom. The number of nitro groups is 1. The molecule has 0 saturated heterocycles. The highest BCUT2D eigenvalue weighted by Gasteiger charge is 2.32. The van der Waals surface area contributed by atoms with Gasteiger partial charge in [0.25, 0.3) is 15.7 Å². The molecule has 0 bridgehead atoms. The molecule has 0 fully saturated rings. The summed E-state index contributed by atoms with van der Waals surface area (Å²) in [6, 6.07) is 16.0. The lowest BCUT2D eigenvalue weighted by Crippen LogP contribution is -2.34. The largest absolute Gasteiger partial charge is 0.496 e. The van der Waals surface area contributed by atoms with E-state index in [1.54, 1.807) is 31.2 Å². The summed E-state index contributed by atoms with van der Waals surface area (Å²) in [7, 11) is -2.66. The molecule has 0 aliphatic carbocycles. The van der Waals surface area contributed by atoms with Crippen LogP contribution in [0.4, 0.5) is 15.8 Å². The highest BCUT2D eigenvalue weighted by Crippen LogP contribution is 2.37. The Morgan fingerprint density at radius 3 is 2.17 bits per heavy atom. The van der Waals surface area contributed by atoms with E-state index >= 15 is 0 Å². The molecule has 0 N–H and O–H groups in total. The van der Waals surface area contributed by atoms with Crippen molar-refractivity contribution in [1.29, 1.82) is 0 Å². The molecule has 1 atom stereocenters. The molecule has 0 aromatic heterocycles. The number of non-ortho nitro benzene ring substituents is 1. The van der Waals surface area contributed by atoms with Crippen molar-refractivity contribution in [2.75, 3.05) is 11.4 Å². The number of rotatable bonds is 7. The second kappa shape index (κ2) is 8.50. The topological polar surface area (TPSA) is 89.8 Å². The molecule has 156 valence electrons. The maximum Gasteiger partial charge on any atom is 0.269 e. The van der Waals surface area contributed by atoms with Crippen LogP contribution in [0, 0.1) is 15.9 Å². The van der Waals surface area contributed by atoms with Crippen LogP contribution in [0.2, 0.25) is 0 Å². The van der Waals surface area contributed by atoms with E-state index in [2.05, 4.69) is 0 Å². The predicted octanol–water partition coefficient (Wildman–Crippen LogP) is 4.70. The Labute approximate surface area is 173 Å². The molecule has 0 spiro atoms. The van der Waals surface area contributed by atoms with E-state index in [0.29, 0.717) is 11.3 Å². The van der Waals surface area contributed by atoms with Crippen molar-refractivity contribution in [3.63, 3.8) is 0 Å². The average Bonchev–Trinajstić information content (AvgIpc) is 2.75. The summed E-state index contributed by atoms with van der Waals surface area (Å²) in [4.78, 5) is 10.2. The monoisotopic (exact) mass is 430 g/mol. The van der Waals surface area contributed by atoms with Crippen molar-refractivity contribution in [3.8, 4) is 5.75 Å². The summed E-state index contributed by atoms with van der Waals surface area (Å²) in [5.74, 6) is -0.00705. The first-order valence-electron chi connectivity index (χ1n) is 8.93. The molecule has 3 rings (SSSR count). The summed E-state index contributed by atoms with van der Waals surface area (Å²) in [6.45, 7) is 1.68. The van der Waals surface area contributed by atoms with Crippen LogP contribution in [0.1, 0.15) is 18.5 Å². The zero-order valence-corrected chi connectivity index (χ0v) is 17.0. The molecule has 7 nitrogen and oxygen atoms in total. The maximum atomic E-state index is 13.5. The zero-order valence-electron chi connectivity index (χ0n) is 16.2. The molecule has 0 heterocycles. The van der Waals surface area contributed by atoms with Gasteiger partial charge < -0.3 is 4.74 Å². The van der Waals surface area contributed by atoms with Gasteiger partial charge in [-0.3, -0.25) is 14.4 Å². The number of halogens is 1. The van der Waals surface area contributed by atoms with Gasteiger partial charge in [0.1, 0.15) is 11.6 Å². The van der Waals surface area contributed by atoms with Crippen molar-refractivity contribution < 1.29 is 22.5 Å². The van der Waals surface area contributed by atoms with Gasteiger partial charge in [0.2, 0.25) is 0 Å². The number of benzene rings is 3.